The molecule has 6 aromatic rings. The third-order valence-corrected chi connectivity index (χ3v) is 13.9. The molecule has 6 aromatic carbocycles. The number of halogens is 8. The number of fused-ring (bicyclic) bond motifs is 1. The minimum absolute atomic E-state index is 0.0225. The number of likely N-dealkylation sites (tertiary alicyclic amines) is 2. The summed E-state index contributed by atoms with van der Waals surface area (Å²) in [5.74, 6) is -0.589. The molecule has 0 bridgehead atoms. The first-order valence-corrected chi connectivity index (χ1v) is 27.0. The number of piperidine rings is 1. The van der Waals surface area contributed by atoms with Gasteiger partial charge in [-0.25, -0.2) is 9.59 Å². The van der Waals surface area contributed by atoms with Gasteiger partial charge in [-0.3, -0.25) is 24.2 Å². The van der Waals surface area contributed by atoms with Crippen molar-refractivity contribution in [1.29, 1.82) is 0 Å². The Hall–Kier alpha value is -8.77. The van der Waals surface area contributed by atoms with Crippen LogP contribution in [0.15, 0.2) is 146 Å². The highest BCUT2D eigenvalue weighted by Crippen LogP contribution is 2.42. The van der Waals surface area contributed by atoms with Crippen molar-refractivity contribution in [3.63, 3.8) is 0 Å². The van der Waals surface area contributed by atoms with E-state index in [4.69, 9.17) is 0 Å². The van der Waals surface area contributed by atoms with Crippen LogP contribution in [0, 0.1) is 6.92 Å². The third-order valence-electron chi connectivity index (χ3n) is 13.9. The van der Waals surface area contributed by atoms with Crippen molar-refractivity contribution in [3.05, 3.63) is 179 Å². The topological polar surface area (TPSA) is 177 Å². The van der Waals surface area contributed by atoms with E-state index in [1.165, 1.54) is 42.0 Å². The highest BCUT2D eigenvalue weighted by molar-refractivity contribution is 6.01. The quantitative estimate of drug-likeness (QED) is 0.0790. The summed E-state index contributed by atoms with van der Waals surface area (Å²) in [5.41, 5.74) is 2.41. The third kappa shape index (κ3) is 17.9. The lowest BCUT2D eigenvalue weighted by Crippen LogP contribution is -2.48. The monoisotopic (exact) mass is 1170 g/mol. The van der Waals surface area contributed by atoms with Crippen LogP contribution >= 0.6 is 0 Å². The number of piperazine rings is 1. The number of rotatable bonds is 11. The van der Waals surface area contributed by atoms with Gasteiger partial charge in [-0.1, -0.05) is 60.7 Å². The van der Waals surface area contributed by atoms with Crippen LogP contribution in [0.4, 0.5) is 67.5 Å². The van der Waals surface area contributed by atoms with Crippen LogP contribution in [0.3, 0.4) is 0 Å². The van der Waals surface area contributed by atoms with Gasteiger partial charge < -0.3 is 45.9 Å². The molecule has 0 radical (unpaired) electrons. The molecule has 4 aliphatic rings. The number of amides is 7. The number of benzene rings is 6. The first kappa shape index (κ1) is 61.3. The minimum Gasteiger partial charge on any atom is -0.395 e. The number of nitrogens with one attached hydrogen (secondary N) is 5. The SMILES string of the molecule is Cc1ccc(C(F)(F)F)cc1NC(=O)CN1CCN(Cc2ccccc2)CC1.O=C(Nc1ccc(C(=O)N2CCCC2)cc1)Nc1cccc(C(F)(F)F)c1.O=C(Nc1ccc2c(c1)OC(F)(F)O2)NC1CCN(C(=O)c2ccccc2)CC1. The Labute approximate surface area is 479 Å². The average molecular weight is 1170 g/mol. The van der Waals surface area contributed by atoms with E-state index in [1.807, 2.05) is 41.3 Å². The zero-order valence-corrected chi connectivity index (χ0v) is 45.5. The summed E-state index contributed by atoms with van der Waals surface area (Å²) < 4.78 is 112. The van der Waals surface area contributed by atoms with Crippen LogP contribution in [-0.2, 0) is 23.7 Å². The number of aryl methyl sites for hydroxylation is 1. The summed E-state index contributed by atoms with van der Waals surface area (Å²) in [4.78, 5) is 69.2. The molecule has 4 heterocycles. The Kier molecular flexibility index (Phi) is 20.1. The van der Waals surface area contributed by atoms with Crippen molar-refractivity contribution in [1.82, 2.24) is 24.9 Å². The molecule has 84 heavy (non-hydrogen) atoms. The molecule has 3 fully saturated rings. The minimum atomic E-state index is -4.48. The Balaban J connectivity index is 0.000000164. The van der Waals surface area contributed by atoms with Gasteiger partial charge in [-0.15, -0.1) is 8.78 Å². The molecule has 0 unspecified atom stereocenters. The molecule has 24 heteroatoms. The lowest BCUT2D eigenvalue weighted by Gasteiger charge is -2.34. The number of anilines is 4. The number of hydrogen-bond donors (Lipinski definition) is 5. The molecule has 4 aliphatic heterocycles. The van der Waals surface area contributed by atoms with Gasteiger partial charge in [-0.2, -0.15) is 26.3 Å². The molecule has 0 spiro atoms. The number of nitrogens with zero attached hydrogens (tertiary/aromatic N) is 4. The molecule has 0 saturated carbocycles. The second kappa shape index (κ2) is 27.5. The maximum Gasteiger partial charge on any atom is 0.586 e. The summed E-state index contributed by atoms with van der Waals surface area (Å²) in [7, 11) is 0. The van der Waals surface area contributed by atoms with E-state index >= 15 is 0 Å². The second-order valence-corrected chi connectivity index (χ2v) is 20.2. The molecular weight excluding hydrogens is 1110 g/mol. The summed E-state index contributed by atoms with van der Waals surface area (Å²) in [5, 5.41) is 13.0. The van der Waals surface area contributed by atoms with Crippen molar-refractivity contribution in [2.45, 2.75) is 63.8 Å². The Morgan fingerprint density at radius 2 is 1.06 bits per heavy atom. The molecule has 10 rings (SSSR count). The van der Waals surface area contributed by atoms with Crippen molar-refractivity contribution in [2.75, 3.05) is 80.2 Å². The second-order valence-electron chi connectivity index (χ2n) is 20.2. The summed E-state index contributed by atoms with van der Waals surface area (Å²) in [6.07, 6.45) is -9.36. The highest BCUT2D eigenvalue weighted by Gasteiger charge is 2.43. The summed E-state index contributed by atoms with van der Waals surface area (Å²) >= 11 is 0. The first-order chi connectivity index (χ1) is 40.0. The van der Waals surface area contributed by atoms with Crippen molar-refractivity contribution in [2.24, 2.45) is 0 Å². The number of alkyl halides is 8. The fraction of sp³-hybridized carbons (Fsp3) is 0.317. The number of ether oxygens (including phenoxy) is 2. The number of carbonyl (C=O) groups excluding carboxylic acids is 5. The fourth-order valence-electron chi connectivity index (χ4n) is 9.51. The number of urea groups is 2. The summed E-state index contributed by atoms with van der Waals surface area (Å²) in [6.45, 7) is 8.52. The van der Waals surface area contributed by atoms with E-state index in [2.05, 4.69) is 53.1 Å². The van der Waals surface area contributed by atoms with E-state index in [0.717, 1.165) is 82.9 Å². The van der Waals surface area contributed by atoms with Gasteiger partial charge in [0.25, 0.3) is 11.8 Å². The van der Waals surface area contributed by atoms with Crippen LogP contribution in [-0.4, -0.2) is 121 Å². The predicted molar refractivity (Wildman–Crippen MR) is 299 cm³/mol. The molecule has 7 amide bonds. The van der Waals surface area contributed by atoms with Crippen LogP contribution in [0.5, 0.6) is 11.5 Å². The Morgan fingerprint density at radius 1 is 0.524 bits per heavy atom. The van der Waals surface area contributed by atoms with E-state index in [1.54, 1.807) is 53.1 Å². The largest absolute Gasteiger partial charge is 0.586 e. The van der Waals surface area contributed by atoms with Gasteiger partial charge in [0.05, 0.1) is 17.7 Å². The Bertz CT molecular complexity index is 3230. The maximum absolute atomic E-state index is 13.1. The molecule has 444 valence electrons. The standard InChI is InChI=1S/C21H24F3N3O.C20H19F2N3O4.C19H18F3N3O2/c1-16-7-8-18(21(22,23)24)13-19(16)25-20(28)15-27-11-9-26(10-12-27)14-17-5-3-2-4-6-17;21-20(22)28-16-7-6-15(12-17(16)29-20)24-19(27)23-14-8-10-25(11-9-14)18(26)13-4-2-1-3-5-13;20-19(21,22)14-4-3-5-16(12-14)24-18(27)23-15-8-6-13(7-9-15)17(26)25-10-1-2-11-25/h2-8,13H,9-12,14-15H2,1H3,(H,25,28);1-7,12,14H,8-11H2,(H2,23,24,27);3-9,12H,1-2,10-11H2,(H2,23,24,27). The molecule has 0 atom stereocenters. The smallest absolute Gasteiger partial charge is 0.395 e. The number of carbonyl (C=O) groups is 5. The fourth-order valence-corrected chi connectivity index (χ4v) is 9.51. The average Bonchev–Trinajstić information content (AvgIpc) is 3.59. The highest BCUT2D eigenvalue weighted by atomic mass is 19.4. The number of hydrogen-bond acceptors (Lipinski definition) is 9. The Morgan fingerprint density at radius 3 is 1.70 bits per heavy atom. The van der Waals surface area contributed by atoms with Gasteiger partial charge in [0, 0.05) is 105 Å². The molecule has 3 saturated heterocycles. The van der Waals surface area contributed by atoms with Gasteiger partial charge in [0.2, 0.25) is 5.91 Å². The normalized spacial score (nSPS) is 16.0. The van der Waals surface area contributed by atoms with Crippen LogP contribution in [0.1, 0.15) is 68.7 Å². The lowest BCUT2D eigenvalue weighted by atomic mass is 10.0. The van der Waals surface area contributed by atoms with Crippen molar-refractivity contribution in [3.8, 4) is 11.5 Å². The molecule has 0 aliphatic carbocycles. The zero-order chi connectivity index (χ0) is 60.0. The van der Waals surface area contributed by atoms with E-state index in [9.17, 15) is 59.1 Å². The van der Waals surface area contributed by atoms with E-state index in [-0.39, 0.29) is 53.2 Å². The van der Waals surface area contributed by atoms with E-state index < -0.39 is 41.8 Å². The van der Waals surface area contributed by atoms with Gasteiger partial charge in [0.1, 0.15) is 0 Å². The molecular formula is C60H61F8N9O7. The molecule has 0 aromatic heterocycles. The van der Waals surface area contributed by atoms with Gasteiger partial charge >= 0.3 is 30.7 Å². The predicted octanol–water partition coefficient (Wildman–Crippen LogP) is 11.8. The maximum atomic E-state index is 13.1. The van der Waals surface area contributed by atoms with Crippen molar-refractivity contribution >= 4 is 52.5 Å². The zero-order valence-electron chi connectivity index (χ0n) is 45.5. The van der Waals surface area contributed by atoms with Gasteiger partial charge in [-0.05, 0) is 123 Å². The van der Waals surface area contributed by atoms with Gasteiger partial charge in [0.15, 0.2) is 11.5 Å². The molecule has 5 N–H and O–H groups in total. The van der Waals surface area contributed by atoms with Crippen molar-refractivity contribution < 1.29 is 68.6 Å². The van der Waals surface area contributed by atoms with Crippen LogP contribution in [0.25, 0.3) is 0 Å². The van der Waals surface area contributed by atoms with Crippen LogP contribution in [0.2, 0.25) is 0 Å². The lowest BCUT2D eigenvalue weighted by molar-refractivity contribution is -0.286. The summed E-state index contributed by atoms with van der Waals surface area (Å²) in [6, 6.07) is 36.2. The van der Waals surface area contributed by atoms with E-state index in [0.29, 0.717) is 54.0 Å². The first-order valence-electron chi connectivity index (χ1n) is 27.0. The van der Waals surface area contributed by atoms with Crippen LogP contribution < -0.4 is 36.1 Å². The molecule has 16 nitrogen and oxygen atoms in total.